The molecule has 1 heterocycles. The molecule has 1 rings (SSSR count). The number of hydrogen-bond acceptors (Lipinski definition) is 1. The molecule has 0 saturated heterocycles. The molecule has 1 nitrogen and oxygen atoms in total. The third-order valence-corrected chi connectivity index (χ3v) is 2.32. The predicted molar refractivity (Wildman–Crippen MR) is 60.3 cm³/mol. The third kappa shape index (κ3) is 3.41. The molecule has 1 aromatic heterocycles. The van der Waals surface area contributed by atoms with Crippen molar-refractivity contribution < 1.29 is 4.42 Å². The molecule has 0 aliphatic carbocycles. The normalized spacial score (nSPS) is 13.1. The Morgan fingerprint density at radius 3 is 2.57 bits per heavy atom. The highest BCUT2D eigenvalue weighted by Gasteiger charge is 2.10. The first-order valence-corrected chi connectivity index (χ1v) is 5.29. The number of hydrogen-bond donors (Lipinski definition) is 0. The van der Waals surface area contributed by atoms with Gasteiger partial charge >= 0.3 is 0 Å². The van der Waals surface area contributed by atoms with E-state index in [0.29, 0.717) is 11.8 Å². The molecule has 0 radical (unpaired) electrons. The molecule has 0 spiro atoms. The molecule has 14 heavy (non-hydrogen) atoms. The van der Waals surface area contributed by atoms with E-state index < -0.39 is 0 Å². The van der Waals surface area contributed by atoms with Gasteiger partial charge in [0.25, 0.3) is 0 Å². The van der Waals surface area contributed by atoms with Gasteiger partial charge in [0.15, 0.2) is 0 Å². The van der Waals surface area contributed by atoms with Crippen LogP contribution in [-0.4, -0.2) is 0 Å². The van der Waals surface area contributed by atoms with E-state index in [1.807, 2.05) is 12.1 Å². The van der Waals surface area contributed by atoms with Gasteiger partial charge in [0.2, 0.25) is 0 Å². The summed E-state index contributed by atoms with van der Waals surface area (Å²) < 4.78 is 5.36. The third-order valence-electron chi connectivity index (χ3n) is 2.32. The quantitative estimate of drug-likeness (QED) is 0.631. The maximum absolute atomic E-state index is 5.36. The topological polar surface area (TPSA) is 13.1 Å². The lowest BCUT2D eigenvalue weighted by Crippen LogP contribution is -1.97. The van der Waals surface area contributed by atoms with Crippen molar-refractivity contribution in [2.45, 2.75) is 39.5 Å². The highest BCUT2D eigenvalue weighted by Crippen LogP contribution is 2.25. The Bertz CT molecular complexity index is 269. The zero-order valence-electron chi connectivity index (χ0n) is 9.42. The van der Waals surface area contributed by atoms with Crippen molar-refractivity contribution in [2.24, 2.45) is 5.92 Å². The fourth-order valence-electron chi connectivity index (χ4n) is 1.77. The van der Waals surface area contributed by atoms with Crippen LogP contribution in [0.1, 0.15) is 45.3 Å². The first kappa shape index (κ1) is 11.1. The van der Waals surface area contributed by atoms with Crippen LogP contribution in [0.2, 0.25) is 0 Å². The molecule has 0 unspecified atom stereocenters. The minimum absolute atomic E-state index is 0.455. The first-order chi connectivity index (χ1) is 6.59. The van der Waals surface area contributed by atoms with Crippen LogP contribution in [0.5, 0.6) is 0 Å². The van der Waals surface area contributed by atoms with Gasteiger partial charge in [-0.05, 0) is 30.9 Å². The van der Waals surface area contributed by atoms with Crippen LogP contribution in [0.4, 0.5) is 0 Å². The van der Waals surface area contributed by atoms with Gasteiger partial charge in [-0.3, -0.25) is 0 Å². The molecule has 1 atom stereocenters. The van der Waals surface area contributed by atoms with Gasteiger partial charge in [-0.2, -0.15) is 0 Å². The Labute approximate surface area is 86.8 Å². The van der Waals surface area contributed by atoms with E-state index in [-0.39, 0.29) is 0 Å². The second-order valence-corrected chi connectivity index (χ2v) is 4.47. The molecule has 1 aromatic rings. The minimum Gasteiger partial charge on any atom is -0.469 e. The molecule has 0 aliphatic heterocycles. The molecule has 0 bridgehead atoms. The summed E-state index contributed by atoms with van der Waals surface area (Å²) in [5.74, 6) is 2.22. The SMILES string of the molecule is C=C(CC(C)C)C[C@@H](C)c1ccco1. The maximum atomic E-state index is 5.36. The smallest absolute Gasteiger partial charge is 0.106 e. The zero-order valence-corrected chi connectivity index (χ0v) is 9.42. The van der Waals surface area contributed by atoms with Gasteiger partial charge in [0, 0.05) is 5.92 Å². The van der Waals surface area contributed by atoms with E-state index in [1.165, 1.54) is 5.57 Å². The molecule has 0 amide bonds. The number of furan rings is 1. The van der Waals surface area contributed by atoms with Crippen LogP contribution in [0.15, 0.2) is 35.0 Å². The molecule has 1 heteroatoms. The Balaban J connectivity index is 2.41. The first-order valence-electron chi connectivity index (χ1n) is 5.29. The lowest BCUT2D eigenvalue weighted by molar-refractivity contribution is 0.467. The van der Waals surface area contributed by atoms with E-state index in [2.05, 4.69) is 27.4 Å². The number of rotatable bonds is 5. The van der Waals surface area contributed by atoms with Crippen molar-refractivity contribution >= 4 is 0 Å². The standard InChI is InChI=1S/C13H20O/c1-10(2)8-11(3)9-12(4)13-6-5-7-14-13/h5-7,10,12H,3,8-9H2,1-2,4H3/t12-/m1/s1. The Kier molecular flexibility index (Phi) is 3.99. The second-order valence-electron chi connectivity index (χ2n) is 4.47. The van der Waals surface area contributed by atoms with E-state index in [1.54, 1.807) is 6.26 Å². The average Bonchev–Trinajstić information content (AvgIpc) is 2.53. The van der Waals surface area contributed by atoms with Crippen molar-refractivity contribution in [1.29, 1.82) is 0 Å². The molecular weight excluding hydrogens is 172 g/mol. The molecule has 0 fully saturated rings. The molecule has 0 aromatic carbocycles. The molecule has 78 valence electrons. The Morgan fingerprint density at radius 2 is 2.07 bits per heavy atom. The maximum Gasteiger partial charge on any atom is 0.106 e. The van der Waals surface area contributed by atoms with Crippen molar-refractivity contribution in [2.75, 3.05) is 0 Å². The van der Waals surface area contributed by atoms with E-state index in [4.69, 9.17) is 4.42 Å². The van der Waals surface area contributed by atoms with Crippen LogP contribution < -0.4 is 0 Å². The van der Waals surface area contributed by atoms with E-state index in [9.17, 15) is 0 Å². The van der Waals surface area contributed by atoms with Gasteiger partial charge in [-0.15, -0.1) is 0 Å². The van der Waals surface area contributed by atoms with Gasteiger partial charge in [0.1, 0.15) is 5.76 Å². The monoisotopic (exact) mass is 192 g/mol. The van der Waals surface area contributed by atoms with Gasteiger partial charge < -0.3 is 4.42 Å². The van der Waals surface area contributed by atoms with Crippen LogP contribution in [0, 0.1) is 5.92 Å². The summed E-state index contributed by atoms with van der Waals surface area (Å²) in [5, 5.41) is 0. The zero-order chi connectivity index (χ0) is 10.6. The van der Waals surface area contributed by atoms with E-state index >= 15 is 0 Å². The molecule has 0 aliphatic rings. The van der Waals surface area contributed by atoms with Gasteiger partial charge in [0.05, 0.1) is 6.26 Å². The van der Waals surface area contributed by atoms with Crippen LogP contribution in [-0.2, 0) is 0 Å². The lowest BCUT2D eigenvalue weighted by Gasteiger charge is -2.12. The highest BCUT2D eigenvalue weighted by molar-refractivity contribution is 5.09. The highest BCUT2D eigenvalue weighted by atomic mass is 16.3. The van der Waals surface area contributed by atoms with Gasteiger partial charge in [-0.1, -0.05) is 32.9 Å². The van der Waals surface area contributed by atoms with Crippen molar-refractivity contribution in [1.82, 2.24) is 0 Å². The predicted octanol–water partition coefficient (Wildman–Crippen LogP) is 4.38. The number of allylic oxidation sites excluding steroid dienone is 1. The molecular formula is C13H20O. The summed E-state index contributed by atoms with van der Waals surface area (Å²) >= 11 is 0. The van der Waals surface area contributed by atoms with Crippen molar-refractivity contribution in [3.05, 3.63) is 36.3 Å². The summed E-state index contributed by atoms with van der Waals surface area (Å²) in [6, 6.07) is 3.98. The largest absolute Gasteiger partial charge is 0.469 e. The average molecular weight is 192 g/mol. The fourth-order valence-corrected chi connectivity index (χ4v) is 1.77. The fraction of sp³-hybridized carbons (Fsp3) is 0.538. The lowest BCUT2D eigenvalue weighted by atomic mass is 9.94. The van der Waals surface area contributed by atoms with Gasteiger partial charge in [-0.25, -0.2) is 0 Å². The van der Waals surface area contributed by atoms with Crippen molar-refractivity contribution in [3.8, 4) is 0 Å². The summed E-state index contributed by atoms with van der Waals surface area (Å²) in [6.45, 7) is 10.7. The minimum atomic E-state index is 0.455. The second kappa shape index (κ2) is 5.04. The Hall–Kier alpha value is -0.980. The van der Waals surface area contributed by atoms with Crippen LogP contribution in [0.25, 0.3) is 0 Å². The van der Waals surface area contributed by atoms with Crippen LogP contribution >= 0.6 is 0 Å². The summed E-state index contributed by atoms with van der Waals surface area (Å²) in [4.78, 5) is 0. The summed E-state index contributed by atoms with van der Waals surface area (Å²) in [6.07, 6.45) is 3.88. The van der Waals surface area contributed by atoms with Crippen LogP contribution in [0.3, 0.4) is 0 Å². The molecule has 0 saturated carbocycles. The summed E-state index contributed by atoms with van der Waals surface area (Å²) in [7, 11) is 0. The molecule has 0 N–H and O–H groups in total. The summed E-state index contributed by atoms with van der Waals surface area (Å²) in [5.41, 5.74) is 1.32. The van der Waals surface area contributed by atoms with E-state index in [0.717, 1.165) is 18.6 Å². The van der Waals surface area contributed by atoms with Crippen molar-refractivity contribution in [3.63, 3.8) is 0 Å². The Morgan fingerprint density at radius 1 is 1.36 bits per heavy atom.